The molecular weight excluding hydrogens is 372 g/mol. The van der Waals surface area contributed by atoms with Crippen molar-refractivity contribution < 1.29 is 32.3 Å². The summed E-state index contributed by atoms with van der Waals surface area (Å²) in [6.45, 7) is 1.49. The number of aliphatic hydroxyl groups is 2. The maximum Gasteiger partial charge on any atom is 0.297 e. The van der Waals surface area contributed by atoms with Crippen molar-refractivity contribution in [2.24, 2.45) is 0 Å². The number of benzene rings is 2. The standard InChI is InChI=1S/C19H22O7S/c1-13-7-9-15(10-8-13)27(22,23)26-18-17(21)16(11-20)25-19(18)24-12-14-5-3-2-4-6-14/h2-10,16-21H,11-12H2,1H3/t16-,17-,18+,19-/m0/s1. The summed E-state index contributed by atoms with van der Waals surface area (Å²) in [7, 11) is -4.14. The van der Waals surface area contributed by atoms with Crippen LogP contribution in [0.25, 0.3) is 0 Å². The first kappa shape index (κ1) is 19.9. The van der Waals surface area contributed by atoms with Crippen molar-refractivity contribution in [3.05, 3.63) is 65.7 Å². The lowest BCUT2D eigenvalue weighted by atomic mass is 10.1. The van der Waals surface area contributed by atoms with Gasteiger partial charge in [0.2, 0.25) is 0 Å². The van der Waals surface area contributed by atoms with Crippen LogP contribution in [-0.2, 0) is 30.4 Å². The van der Waals surface area contributed by atoms with Crippen molar-refractivity contribution in [3.8, 4) is 0 Å². The van der Waals surface area contributed by atoms with Gasteiger partial charge in [-0.25, -0.2) is 0 Å². The summed E-state index contributed by atoms with van der Waals surface area (Å²) in [5.41, 5.74) is 1.76. The molecule has 2 aromatic rings. The highest BCUT2D eigenvalue weighted by molar-refractivity contribution is 7.86. The summed E-state index contributed by atoms with van der Waals surface area (Å²) in [6.07, 6.45) is -4.78. The lowest BCUT2D eigenvalue weighted by Crippen LogP contribution is -2.38. The number of hydrogen-bond acceptors (Lipinski definition) is 7. The van der Waals surface area contributed by atoms with Crippen molar-refractivity contribution >= 4 is 10.1 Å². The van der Waals surface area contributed by atoms with Gasteiger partial charge >= 0.3 is 0 Å². The molecule has 3 rings (SSSR count). The Morgan fingerprint density at radius 3 is 2.37 bits per heavy atom. The van der Waals surface area contributed by atoms with Crippen molar-refractivity contribution in [1.82, 2.24) is 0 Å². The summed E-state index contributed by atoms with van der Waals surface area (Å²) < 4.78 is 41.4. The number of aryl methyl sites for hydroxylation is 1. The van der Waals surface area contributed by atoms with Crippen LogP contribution in [0.5, 0.6) is 0 Å². The monoisotopic (exact) mass is 394 g/mol. The first-order chi connectivity index (χ1) is 12.9. The molecule has 0 bridgehead atoms. The van der Waals surface area contributed by atoms with Gasteiger partial charge in [0.25, 0.3) is 10.1 Å². The molecule has 0 aromatic heterocycles. The van der Waals surface area contributed by atoms with E-state index in [0.717, 1.165) is 11.1 Å². The molecule has 4 atom stereocenters. The Morgan fingerprint density at radius 1 is 1.07 bits per heavy atom. The lowest BCUT2D eigenvalue weighted by Gasteiger charge is -2.20. The zero-order valence-electron chi connectivity index (χ0n) is 14.8. The summed E-state index contributed by atoms with van der Waals surface area (Å²) in [6, 6.07) is 15.4. The highest BCUT2D eigenvalue weighted by Crippen LogP contribution is 2.29. The molecule has 0 amide bonds. The maximum atomic E-state index is 12.6. The number of aliphatic hydroxyl groups excluding tert-OH is 2. The fraction of sp³-hybridized carbons (Fsp3) is 0.368. The van der Waals surface area contributed by atoms with Gasteiger partial charge in [-0.2, -0.15) is 8.42 Å². The van der Waals surface area contributed by atoms with Gasteiger partial charge in [0.05, 0.1) is 18.1 Å². The van der Waals surface area contributed by atoms with Crippen molar-refractivity contribution in [2.45, 2.75) is 43.0 Å². The van der Waals surface area contributed by atoms with Gasteiger partial charge < -0.3 is 19.7 Å². The van der Waals surface area contributed by atoms with Crippen LogP contribution < -0.4 is 0 Å². The van der Waals surface area contributed by atoms with Gasteiger partial charge in [-0.3, -0.25) is 4.18 Å². The quantitative estimate of drug-likeness (QED) is 0.684. The van der Waals surface area contributed by atoms with Gasteiger partial charge in [0.15, 0.2) is 12.4 Å². The molecule has 1 aliphatic heterocycles. The second kappa shape index (κ2) is 8.47. The van der Waals surface area contributed by atoms with E-state index in [4.69, 9.17) is 13.7 Å². The van der Waals surface area contributed by atoms with E-state index >= 15 is 0 Å². The molecule has 2 aromatic carbocycles. The summed E-state index contributed by atoms with van der Waals surface area (Å²) in [5.74, 6) is 0. The maximum absolute atomic E-state index is 12.6. The molecule has 8 heteroatoms. The molecule has 0 aliphatic carbocycles. The van der Waals surface area contributed by atoms with Gasteiger partial charge in [-0.05, 0) is 24.6 Å². The Balaban J connectivity index is 1.75. The molecule has 7 nitrogen and oxygen atoms in total. The van der Waals surface area contributed by atoms with Gasteiger partial charge in [0, 0.05) is 0 Å². The zero-order valence-corrected chi connectivity index (χ0v) is 15.6. The second-order valence-corrected chi connectivity index (χ2v) is 7.91. The molecule has 0 spiro atoms. The fourth-order valence-corrected chi connectivity index (χ4v) is 3.83. The first-order valence-corrected chi connectivity index (χ1v) is 9.91. The number of hydrogen-bond donors (Lipinski definition) is 2. The van der Waals surface area contributed by atoms with E-state index in [0.29, 0.717) is 0 Å². The van der Waals surface area contributed by atoms with Crippen LogP contribution in [0.15, 0.2) is 59.5 Å². The van der Waals surface area contributed by atoms with Gasteiger partial charge in [0.1, 0.15) is 12.2 Å². The smallest absolute Gasteiger partial charge is 0.297 e. The third kappa shape index (κ3) is 4.73. The van der Waals surface area contributed by atoms with Crippen LogP contribution in [0.2, 0.25) is 0 Å². The second-order valence-electron chi connectivity index (χ2n) is 6.34. The van der Waals surface area contributed by atoms with E-state index in [1.54, 1.807) is 12.1 Å². The third-order valence-electron chi connectivity index (χ3n) is 4.28. The van der Waals surface area contributed by atoms with E-state index in [2.05, 4.69) is 0 Å². The number of ether oxygens (including phenoxy) is 2. The highest BCUT2D eigenvalue weighted by atomic mass is 32.2. The van der Waals surface area contributed by atoms with Crippen LogP contribution in [0.1, 0.15) is 11.1 Å². The Morgan fingerprint density at radius 2 is 1.74 bits per heavy atom. The Bertz CT molecular complexity index is 836. The minimum absolute atomic E-state index is 0.0328. The Hall–Kier alpha value is -1.81. The average molecular weight is 394 g/mol. The molecule has 1 heterocycles. The predicted octanol–water partition coefficient (Wildman–Crippen LogP) is 1.36. The van der Waals surface area contributed by atoms with Gasteiger partial charge in [-0.15, -0.1) is 0 Å². The highest BCUT2D eigenvalue weighted by Gasteiger charge is 2.47. The minimum Gasteiger partial charge on any atom is -0.394 e. The van der Waals surface area contributed by atoms with E-state index in [1.165, 1.54) is 12.1 Å². The molecule has 0 unspecified atom stereocenters. The van der Waals surface area contributed by atoms with E-state index in [1.807, 2.05) is 37.3 Å². The molecule has 1 aliphatic rings. The largest absolute Gasteiger partial charge is 0.394 e. The van der Waals surface area contributed by atoms with Crippen molar-refractivity contribution in [3.63, 3.8) is 0 Å². The third-order valence-corrected chi connectivity index (χ3v) is 5.60. The normalized spacial score (nSPS) is 25.6. The summed E-state index contributed by atoms with van der Waals surface area (Å²) in [5, 5.41) is 19.7. The summed E-state index contributed by atoms with van der Waals surface area (Å²) >= 11 is 0. The van der Waals surface area contributed by atoms with E-state index < -0.39 is 41.3 Å². The average Bonchev–Trinajstić information content (AvgIpc) is 2.96. The van der Waals surface area contributed by atoms with Gasteiger partial charge in [-0.1, -0.05) is 48.0 Å². The molecular formula is C19H22O7S. The topological polar surface area (TPSA) is 102 Å². The molecule has 27 heavy (non-hydrogen) atoms. The fourth-order valence-electron chi connectivity index (χ4n) is 2.75. The number of rotatable bonds is 7. The van der Waals surface area contributed by atoms with Crippen molar-refractivity contribution in [1.29, 1.82) is 0 Å². The summed E-state index contributed by atoms with van der Waals surface area (Å²) in [4.78, 5) is -0.0328. The SMILES string of the molecule is Cc1ccc(S(=O)(=O)O[C@H]2[C@@H](OCc3ccccc3)O[C@@H](CO)[C@@H]2O)cc1. The molecule has 146 valence electrons. The van der Waals surface area contributed by atoms with Crippen LogP contribution in [-0.4, -0.2) is 49.8 Å². The minimum atomic E-state index is -4.14. The van der Waals surface area contributed by atoms with Crippen LogP contribution in [0.3, 0.4) is 0 Å². The molecule has 0 radical (unpaired) electrons. The molecule has 1 fully saturated rings. The molecule has 1 saturated heterocycles. The predicted molar refractivity (Wildman–Crippen MR) is 96.2 cm³/mol. The van der Waals surface area contributed by atoms with E-state index in [-0.39, 0.29) is 11.5 Å². The van der Waals surface area contributed by atoms with Crippen LogP contribution in [0, 0.1) is 6.92 Å². The van der Waals surface area contributed by atoms with Crippen LogP contribution in [0.4, 0.5) is 0 Å². The van der Waals surface area contributed by atoms with Crippen molar-refractivity contribution in [2.75, 3.05) is 6.61 Å². The van der Waals surface area contributed by atoms with Crippen LogP contribution >= 0.6 is 0 Å². The first-order valence-electron chi connectivity index (χ1n) is 8.50. The Kier molecular flexibility index (Phi) is 6.25. The Labute approximate surface area is 158 Å². The molecule has 0 saturated carbocycles. The lowest BCUT2D eigenvalue weighted by molar-refractivity contribution is -0.170. The molecule has 2 N–H and O–H groups in total. The zero-order chi connectivity index (χ0) is 19.4. The van der Waals surface area contributed by atoms with E-state index in [9.17, 15) is 18.6 Å².